The fraction of sp³-hybridized carbons (Fsp3) is 0.208. The van der Waals surface area contributed by atoms with Gasteiger partial charge in [-0.15, -0.1) is 0 Å². The molecular formula is C24H21FO4. The Kier molecular flexibility index (Phi) is 5.47. The lowest BCUT2D eigenvalue weighted by molar-refractivity contribution is -0.142. The number of carbonyl (C=O) groups excluding carboxylic acids is 1. The molecule has 0 heterocycles. The van der Waals surface area contributed by atoms with Gasteiger partial charge in [0.05, 0.1) is 19.6 Å². The summed E-state index contributed by atoms with van der Waals surface area (Å²) in [6.07, 6.45) is 0.796. The van der Waals surface area contributed by atoms with Crippen LogP contribution in [0.3, 0.4) is 0 Å². The number of hydrogen-bond acceptors (Lipinski definition) is 4. The number of para-hydroxylation sites is 1. The molecule has 148 valence electrons. The fourth-order valence-corrected chi connectivity index (χ4v) is 3.22. The number of carbonyl (C=O) groups is 1. The molecule has 1 saturated carbocycles. The van der Waals surface area contributed by atoms with Crippen LogP contribution in [0.25, 0.3) is 11.1 Å². The maximum absolute atomic E-state index is 14.4. The molecule has 0 unspecified atom stereocenters. The van der Waals surface area contributed by atoms with Crippen LogP contribution in [0.1, 0.15) is 6.42 Å². The van der Waals surface area contributed by atoms with E-state index < -0.39 is 0 Å². The molecule has 0 aliphatic heterocycles. The molecule has 0 N–H and O–H groups in total. The lowest BCUT2D eigenvalue weighted by Gasteiger charge is -2.10. The Morgan fingerprint density at radius 2 is 1.69 bits per heavy atom. The van der Waals surface area contributed by atoms with Crippen LogP contribution >= 0.6 is 0 Å². The van der Waals surface area contributed by atoms with Crippen LogP contribution in [0, 0.1) is 17.7 Å². The Bertz CT molecular complexity index is 986. The zero-order valence-electron chi connectivity index (χ0n) is 16.0. The third-order valence-corrected chi connectivity index (χ3v) is 4.97. The van der Waals surface area contributed by atoms with Gasteiger partial charge in [0.2, 0.25) is 0 Å². The Balaban J connectivity index is 1.42. The first-order valence-corrected chi connectivity index (χ1v) is 9.47. The number of methoxy groups -OCH3 is 1. The van der Waals surface area contributed by atoms with Crippen LogP contribution in [0.2, 0.25) is 0 Å². The van der Waals surface area contributed by atoms with E-state index in [0.717, 1.165) is 12.0 Å². The molecule has 4 rings (SSSR count). The predicted octanol–water partition coefficient (Wildman–Crippen LogP) is 5.47. The highest BCUT2D eigenvalue weighted by molar-refractivity contribution is 5.75. The molecule has 0 bridgehead atoms. The van der Waals surface area contributed by atoms with E-state index in [9.17, 15) is 9.18 Å². The minimum Gasteiger partial charge on any atom is -0.493 e. The van der Waals surface area contributed by atoms with E-state index in [1.54, 1.807) is 24.3 Å². The fourth-order valence-electron chi connectivity index (χ4n) is 3.22. The van der Waals surface area contributed by atoms with Crippen LogP contribution in [-0.4, -0.2) is 19.7 Å². The average Bonchev–Trinajstić information content (AvgIpc) is 3.54. The lowest BCUT2D eigenvalue weighted by Crippen LogP contribution is -2.08. The van der Waals surface area contributed by atoms with Gasteiger partial charge in [0.15, 0.2) is 0 Å². The second-order valence-corrected chi connectivity index (χ2v) is 7.02. The summed E-state index contributed by atoms with van der Waals surface area (Å²) in [6.45, 7) is 0.466. The van der Waals surface area contributed by atoms with Gasteiger partial charge in [-0.05, 0) is 54.4 Å². The van der Waals surface area contributed by atoms with Crippen molar-refractivity contribution in [2.75, 3.05) is 13.7 Å². The minimum atomic E-state index is -0.321. The molecule has 4 nitrogen and oxygen atoms in total. The number of rotatable bonds is 7. The van der Waals surface area contributed by atoms with Gasteiger partial charge in [-0.1, -0.05) is 30.3 Å². The third kappa shape index (κ3) is 4.57. The van der Waals surface area contributed by atoms with Crippen molar-refractivity contribution in [1.29, 1.82) is 0 Å². The molecule has 0 aromatic heterocycles. The van der Waals surface area contributed by atoms with E-state index in [0.29, 0.717) is 29.4 Å². The van der Waals surface area contributed by atoms with Crippen LogP contribution in [0.15, 0.2) is 72.8 Å². The maximum Gasteiger partial charge on any atom is 0.309 e. The molecule has 1 aliphatic rings. The Hall–Kier alpha value is -3.34. The van der Waals surface area contributed by atoms with Crippen molar-refractivity contribution in [2.45, 2.75) is 6.42 Å². The summed E-state index contributed by atoms with van der Waals surface area (Å²) in [5, 5.41) is 0. The van der Waals surface area contributed by atoms with Crippen molar-refractivity contribution in [3.63, 3.8) is 0 Å². The summed E-state index contributed by atoms with van der Waals surface area (Å²) in [5.74, 6) is 1.59. The summed E-state index contributed by atoms with van der Waals surface area (Å²) in [5.41, 5.74) is 1.19. The molecule has 2 atom stereocenters. The Morgan fingerprint density at radius 1 is 0.966 bits per heavy atom. The zero-order chi connectivity index (χ0) is 20.2. The topological polar surface area (TPSA) is 44.8 Å². The van der Waals surface area contributed by atoms with Gasteiger partial charge in [0.1, 0.15) is 23.1 Å². The van der Waals surface area contributed by atoms with Crippen LogP contribution < -0.4 is 9.47 Å². The molecule has 0 amide bonds. The molecule has 0 saturated heterocycles. The van der Waals surface area contributed by atoms with E-state index in [1.165, 1.54) is 13.2 Å². The first-order chi connectivity index (χ1) is 14.1. The zero-order valence-corrected chi connectivity index (χ0v) is 16.0. The van der Waals surface area contributed by atoms with Gasteiger partial charge in [-0.2, -0.15) is 0 Å². The second-order valence-electron chi connectivity index (χ2n) is 7.02. The largest absolute Gasteiger partial charge is 0.493 e. The molecule has 1 aliphatic carbocycles. The SMILES string of the molecule is COC(=O)[C@H]1C[C@H]1COc1ccc(-c2cc(Oc3ccccc3)ccc2F)cc1. The second kappa shape index (κ2) is 8.35. The highest BCUT2D eigenvalue weighted by Crippen LogP contribution is 2.39. The summed E-state index contributed by atoms with van der Waals surface area (Å²) in [7, 11) is 1.40. The van der Waals surface area contributed by atoms with Crippen LogP contribution in [0.5, 0.6) is 17.2 Å². The molecule has 29 heavy (non-hydrogen) atoms. The monoisotopic (exact) mass is 392 g/mol. The molecule has 3 aromatic carbocycles. The van der Waals surface area contributed by atoms with Crippen LogP contribution in [-0.2, 0) is 9.53 Å². The first-order valence-electron chi connectivity index (χ1n) is 9.47. The number of benzene rings is 3. The minimum absolute atomic E-state index is 0.0549. The quantitative estimate of drug-likeness (QED) is 0.500. The molecule has 5 heteroatoms. The summed E-state index contributed by atoms with van der Waals surface area (Å²) >= 11 is 0. The molecule has 3 aromatic rings. The number of esters is 1. The third-order valence-electron chi connectivity index (χ3n) is 4.97. The van der Waals surface area contributed by atoms with Crippen molar-refractivity contribution in [3.8, 4) is 28.4 Å². The normalized spacial score (nSPS) is 17.4. The van der Waals surface area contributed by atoms with Gasteiger partial charge < -0.3 is 14.2 Å². The molecular weight excluding hydrogens is 371 g/mol. The lowest BCUT2D eigenvalue weighted by atomic mass is 10.0. The predicted molar refractivity (Wildman–Crippen MR) is 107 cm³/mol. The number of halogens is 1. The number of hydrogen-bond donors (Lipinski definition) is 0. The van der Waals surface area contributed by atoms with Gasteiger partial charge in [-0.3, -0.25) is 4.79 Å². The molecule has 0 spiro atoms. The van der Waals surface area contributed by atoms with Crippen molar-refractivity contribution >= 4 is 5.97 Å². The average molecular weight is 392 g/mol. The van der Waals surface area contributed by atoms with Crippen molar-refractivity contribution in [2.24, 2.45) is 11.8 Å². The maximum atomic E-state index is 14.4. The van der Waals surface area contributed by atoms with E-state index in [4.69, 9.17) is 14.2 Å². The Labute approximate surface area is 168 Å². The van der Waals surface area contributed by atoms with Crippen molar-refractivity contribution in [1.82, 2.24) is 0 Å². The van der Waals surface area contributed by atoms with Gasteiger partial charge >= 0.3 is 5.97 Å². The van der Waals surface area contributed by atoms with Gasteiger partial charge in [-0.25, -0.2) is 4.39 Å². The van der Waals surface area contributed by atoms with E-state index in [1.807, 2.05) is 42.5 Å². The van der Waals surface area contributed by atoms with Crippen molar-refractivity contribution < 1.29 is 23.4 Å². The molecule has 0 radical (unpaired) electrons. The van der Waals surface area contributed by atoms with E-state index in [2.05, 4.69) is 0 Å². The van der Waals surface area contributed by atoms with E-state index >= 15 is 0 Å². The summed E-state index contributed by atoms with van der Waals surface area (Å²) in [6, 6.07) is 21.3. The summed E-state index contributed by atoms with van der Waals surface area (Å²) < 4.78 is 30.7. The number of ether oxygens (including phenoxy) is 3. The molecule has 1 fully saturated rings. The van der Waals surface area contributed by atoms with Gasteiger partial charge in [0, 0.05) is 11.5 Å². The highest BCUT2D eigenvalue weighted by Gasteiger charge is 2.44. The smallest absolute Gasteiger partial charge is 0.309 e. The van der Waals surface area contributed by atoms with Gasteiger partial charge in [0.25, 0.3) is 0 Å². The van der Waals surface area contributed by atoms with Crippen LogP contribution in [0.4, 0.5) is 4.39 Å². The summed E-state index contributed by atoms with van der Waals surface area (Å²) in [4.78, 5) is 11.4. The van der Waals surface area contributed by atoms with Crippen molar-refractivity contribution in [3.05, 3.63) is 78.6 Å². The van der Waals surface area contributed by atoms with E-state index in [-0.39, 0.29) is 23.6 Å². The highest BCUT2D eigenvalue weighted by atomic mass is 19.1. The first kappa shape index (κ1) is 19.0. The standard InChI is InChI=1S/C24H21FO4/c1-27-24(26)22-13-17(22)15-28-18-9-7-16(8-10-18)21-14-20(11-12-23(21)25)29-19-5-3-2-4-6-19/h2-12,14,17,22H,13,15H2,1H3/t17-,22-/m0/s1. The Morgan fingerprint density at radius 3 is 2.41 bits per heavy atom.